The van der Waals surface area contributed by atoms with Crippen molar-refractivity contribution in [3.63, 3.8) is 0 Å². The molecule has 0 radical (unpaired) electrons. The van der Waals surface area contributed by atoms with Crippen LogP contribution < -0.4 is 26.2 Å². The summed E-state index contributed by atoms with van der Waals surface area (Å²) in [7, 11) is 0. The average molecular weight is 1510 g/mol. The third-order valence-electron chi connectivity index (χ3n) is 24.4. The Bertz CT molecular complexity index is 5900. The van der Waals surface area contributed by atoms with Crippen LogP contribution in [-0.4, -0.2) is 20.4 Å². The Kier molecular flexibility index (Phi) is 16.7. The van der Waals surface area contributed by atoms with Crippen LogP contribution in [0.5, 0.6) is 0 Å². The summed E-state index contributed by atoms with van der Waals surface area (Å²) in [4.78, 5) is 5.29. The minimum absolute atomic E-state index is 0.0863. The summed E-state index contributed by atoms with van der Waals surface area (Å²) < 4.78 is 47.1. The van der Waals surface area contributed by atoms with Gasteiger partial charge < -0.3 is 23.5 Å². The molecule has 0 N–H and O–H groups in total. The summed E-state index contributed by atoms with van der Waals surface area (Å²) in [6.45, 7) is 67.6. The normalized spacial score (nSPS) is 15.0. The number of fused-ring (bicyclic) bond motifs is 13. The third kappa shape index (κ3) is 13.8. The molecule has 14 aromatic rings. The number of hydrogen-bond acceptors (Lipinski definition) is 2. The van der Waals surface area contributed by atoms with Crippen molar-refractivity contribution in [2.75, 3.05) is 9.80 Å². The fourth-order valence-electron chi connectivity index (χ4n) is 17.9. The maximum Gasteiger partial charge on any atom is 0.252 e. The largest absolute Gasteiger partial charge is 0.311 e. The Balaban J connectivity index is 1.11. The van der Waals surface area contributed by atoms with Gasteiger partial charge in [0.1, 0.15) is 0 Å². The van der Waals surface area contributed by atoms with Gasteiger partial charge in [-0.1, -0.05) is 268 Å². The van der Waals surface area contributed by atoms with Crippen LogP contribution in [0.15, 0.2) is 194 Å². The maximum atomic E-state index is 9.91. The van der Waals surface area contributed by atoms with Gasteiger partial charge in [0.25, 0.3) is 6.71 Å². The Morgan fingerprint density at radius 3 is 0.737 bits per heavy atom. The van der Waals surface area contributed by atoms with Gasteiger partial charge in [-0.3, -0.25) is 0 Å². The molecule has 2 aliphatic heterocycles. The summed E-state index contributed by atoms with van der Waals surface area (Å²) in [6.07, 6.45) is -3.46. The zero-order chi connectivity index (χ0) is 85.7. The molecular formula is C108H126BN5. The van der Waals surface area contributed by atoms with E-state index in [0.717, 1.165) is 95.1 Å². The van der Waals surface area contributed by atoms with Crippen LogP contribution in [0.4, 0.5) is 34.1 Å². The van der Waals surface area contributed by atoms with E-state index in [1.54, 1.807) is 0 Å². The first kappa shape index (κ1) is 73.4. The number of rotatable bonds is 7. The van der Waals surface area contributed by atoms with Crippen LogP contribution in [0.3, 0.4) is 0 Å². The molecule has 6 heteroatoms. The van der Waals surface area contributed by atoms with Crippen molar-refractivity contribution >= 4 is 123 Å². The molecule has 0 fully saturated rings. The minimum atomic E-state index is -1.73. The Hall–Kier alpha value is -9.52. The molecule has 16 rings (SSSR count). The molecule has 586 valence electrons. The van der Waals surface area contributed by atoms with Gasteiger partial charge in [0.2, 0.25) is 0 Å². The van der Waals surface area contributed by atoms with Gasteiger partial charge in [-0.05, 0) is 272 Å². The lowest BCUT2D eigenvalue weighted by Gasteiger charge is -2.45. The number of nitrogens with zero attached hydrogens (tertiary/aromatic N) is 5. The Morgan fingerprint density at radius 1 is 0.228 bits per heavy atom. The highest BCUT2D eigenvalue weighted by Gasteiger charge is 2.46. The SMILES string of the molecule is [2H]C([2H])(c1ccc2c(c1)c1cc(C([2H])([2H])C(C)(C)C)ccc1n2-c1cc2c3c(c1)N(c1cc(C(C)(C)C)cc(C(C)(C)C)c1)c1cc(-n4c5ccc(C(C)(C)C)cc5c5cc(C(C)(C)C)ccc54)ccc1B3c1ccc(-n3c4ccc(C(C)(C)C)cc4c4cc(C(C)(C)C)ccc43)cc1N2c1cc(C(C)(C)C)cc(C(C)(C)C)c1)C(C)(C)C. The molecule has 0 spiro atoms. The summed E-state index contributed by atoms with van der Waals surface area (Å²) in [5.74, 6) is 0. The lowest BCUT2D eigenvalue weighted by atomic mass is 9.33. The highest BCUT2D eigenvalue weighted by Crippen LogP contribution is 2.52. The molecule has 114 heavy (non-hydrogen) atoms. The smallest absolute Gasteiger partial charge is 0.252 e. The molecule has 0 bridgehead atoms. The van der Waals surface area contributed by atoms with E-state index in [-0.39, 0.29) is 50.0 Å². The van der Waals surface area contributed by atoms with Gasteiger partial charge in [0.15, 0.2) is 0 Å². The van der Waals surface area contributed by atoms with Crippen LogP contribution in [0.25, 0.3) is 82.5 Å². The van der Waals surface area contributed by atoms with Crippen LogP contribution in [0, 0.1) is 10.8 Å². The van der Waals surface area contributed by atoms with Gasteiger partial charge in [-0.2, -0.15) is 0 Å². The number of benzene rings is 11. The molecule has 5 heterocycles. The molecular weight excluding hydrogens is 1380 g/mol. The fraction of sp³-hybridized carbons (Fsp3) is 0.389. The quantitative estimate of drug-likeness (QED) is 0.148. The van der Waals surface area contributed by atoms with Crippen LogP contribution >= 0.6 is 0 Å². The van der Waals surface area contributed by atoms with Gasteiger partial charge in [0, 0.05) is 83.3 Å². The van der Waals surface area contributed by atoms with Crippen molar-refractivity contribution in [3.8, 4) is 17.1 Å². The van der Waals surface area contributed by atoms with Gasteiger partial charge in [-0.25, -0.2) is 0 Å². The first-order valence-electron chi connectivity index (χ1n) is 44.0. The second-order valence-electron chi connectivity index (χ2n) is 44.2. The van der Waals surface area contributed by atoms with E-state index < -0.39 is 23.6 Å². The van der Waals surface area contributed by atoms with Crippen molar-refractivity contribution in [3.05, 3.63) is 250 Å². The zero-order valence-electron chi connectivity index (χ0n) is 78.3. The van der Waals surface area contributed by atoms with E-state index in [9.17, 15) is 5.48 Å². The van der Waals surface area contributed by atoms with Crippen LogP contribution in [-0.2, 0) is 56.1 Å². The van der Waals surface area contributed by atoms with E-state index in [4.69, 9.17) is 0 Å². The number of aromatic nitrogens is 3. The van der Waals surface area contributed by atoms with Crippen molar-refractivity contribution in [2.45, 2.75) is 264 Å². The van der Waals surface area contributed by atoms with Gasteiger partial charge in [0.05, 0.1) is 38.8 Å². The molecule has 0 atom stereocenters. The molecule has 5 nitrogen and oxygen atoms in total. The first-order chi connectivity index (χ1) is 54.3. The van der Waals surface area contributed by atoms with Crippen molar-refractivity contribution in [2.24, 2.45) is 10.8 Å². The zero-order valence-corrected chi connectivity index (χ0v) is 74.3. The summed E-state index contributed by atoms with van der Waals surface area (Å²) in [5, 5.41) is 6.67. The van der Waals surface area contributed by atoms with E-state index >= 15 is 0 Å². The van der Waals surface area contributed by atoms with Gasteiger partial charge in [-0.15, -0.1) is 0 Å². The van der Waals surface area contributed by atoms with E-state index in [2.05, 4.69) is 372 Å². The van der Waals surface area contributed by atoms with E-state index in [1.165, 1.54) is 82.4 Å². The molecule has 11 aromatic carbocycles. The summed E-state index contributed by atoms with van der Waals surface area (Å²) in [5.41, 5.74) is 27.9. The first-order valence-corrected chi connectivity index (χ1v) is 42.0. The maximum absolute atomic E-state index is 9.91. The lowest BCUT2D eigenvalue weighted by molar-refractivity contribution is 0.411. The summed E-state index contributed by atoms with van der Waals surface area (Å²) >= 11 is 0. The fourth-order valence-corrected chi connectivity index (χ4v) is 17.9. The monoisotopic (exact) mass is 1510 g/mol. The lowest BCUT2D eigenvalue weighted by Crippen LogP contribution is -2.61. The average Bonchev–Trinajstić information content (AvgIpc) is 0.914. The van der Waals surface area contributed by atoms with Crippen molar-refractivity contribution in [1.82, 2.24) is 13.7 Å². The van der Waals surface area contributed by atoms with Crippen LogP contribution in [0.2, 0.25) is 0 Å². The van der Waals surface area contributed by atoms with Crippen molar-refractivity contribution in [1.29, 1.82) is 0 Å². The third-order valence-corrected chi connectivity index (χ3v) is 24.4. The molecule has 0 unspecified atom stereocenters. The molecule has 2 aliphatic rings. The summed E-state index contributed by atoms with van der Waals surface area (Å²) in [6, 6.07) is 75.8. The Morgan fingerprint density at radius 2 is 0.474 bits per heavy atom. The molecule has 0 amide bonds. The molecule has 0 saturated carbocycles. The standard InChI is InChI=1S/C108H126BN5/c1-99(2,3)63-65-31-41-88-80(47-65)81-48-66(64-100(4,5)6)32-42-89(81)112(88)79-61-96-98-97(62-79)114(78-53-73(107(25,26)27)50-74(54-78)108(28,29)30)95-60-76(111-92-45-35-69(103(13,14)15)57-84(92)85-58-70(104(16,17)18)36-46-93(85)111)38-40-87(95)109(98)86-39-37-75(59-94(86)113(96)77-51-71(105(19,20)21)49-72(52-77)106(22,23)24)110-90-43-33-67(101(7,8)9)55-82(90)83-56-68(102(10,11)12)34-44-91(83)110/h31-62H,63-64H2,1-30H3/i63D2,64D2. The predicted octanol–water partition coefficient (Wildman–Crippen LogP) is 28.6. The Labute approximate surface area is 688 Å². The van der Waals surface area contributed by atoms with E-state index in [1.807, 2.05) is 53.7 Å². The molecule has 3 aromatic heterocycles. The van der Waals surface area contributed by atoms with Crippen molar-refractivity contribution < 1.29 is 5.48 Å². The topological polar surface area (TPSA) is 21.3 Å². The number of hydrogen-bond donors (Lipinski definition) is 0. The molecule has 0 aliphatic carbocycles. The number of anilines is 6. The molecule has 0 saturated heterocycles. The highest BCUT2D eigenvalue weighted by molar-refractivity contribution is 7.00. The second kappa shape index (κ2) is 26.0. The second-order valence-corrected chi connectivity index (χ2v) is 44.2. The predicted molar refractivity (Wildman–Crippen MR) is 499 cm³/mol. The van der Waals surface area contributed by atoms with Crippen LogP contribution in [0.1, 0.15) is 269 Å². The van der Waals surface area contributed by atoms with Gasteiger partial charge >= 0.3 is 0 Å². The highest BCUT2D eigenvalue weighted by atomic mass is 15.2. The minimum Gasteiger partial charge on any atom is -0.311 e. The van der Waals surface area contributed by atoms with E-state index in [0.29, 0.717) is 11.1 Å².